The van der Waals surface area contributed by atoms with Crippen molar-refractivity contribution >= 4 is 0 Å². The molecule has 21 heavy (non-hydrogen) atoms. The summed E-state index contributed by atoms with van der Waals surface area (Å²) in [5.41, 5.74) is 0. The number of methoxy groups -OCH3 is 2. The van der Waals surface area contributed by atoms with Crippen molar-refractivity contribution in [3.63, 3.8) is 0 Å². The molecule has 0 rings (SSSR count). The monoisotopic (exact) mass is 306 g/mol. The molecule has 0 heterocycles. The maximum atomic E-state index is 9.06. The summed E-state index contributed by atoms with van der Waals surface area (Å²) >= 11 is 0. The summed E-state index contributed by atoms with van der Waals surface area (Å²) in [7, 11) is 3.39. The van der Waals surface area contributed by atoms with Gasteiger partial charge >= 0.3 is 0 Å². The van der Waals surface area contributed by atoms with E-state index in [2.05, 4.69) is 4.74 Å². The van der Waals surface area contributed by atoms with Crippen molar-refractivity contribution < 1.29 is 19.7 Å². The van der Waals surface area contributed by atoms with Crippen LogP contribution in [0.4, 0.5) is 0 Å². The largest absolute Gasteiger partial charge is 0.396 e. The molecule has 2 N–H and O–H groups in total. The number of rotatable bonds is 14. The Labute approximate surface area is 131 Å². The SMILES string of the molecule is COCCCCCCCCCCC(C)O.COCCCO. The lowest BCUT2D eigenvalue weighted by Gasteiger charge is -2.04. The lowest BCUT2D eigenvalue weighted by molar-refractivity contribution is 0.166. The fraction of sp³-hybridized carbons (Fsp3) is 1.00. The molecule has 1 unspecified atom stereocenters. The number of aliphatic hydroxyl groups is 2. The third-order valence-corrected chi connectivity index (χ3v) is 3.23. The van der Waals surface area contributed by atoms with Crippen molar-refractivity contribution in [2.45, 2.75) is 77.2 Å². The quantitative estimate of drug-likeness (QED) is 0.482. The van der Waals surface area contributed by atoms with Crippen molar-refractivity contribution in [3.05, 3.63) is 0 Å². The first-order valence-electron chi connectivity index (χ1n) is 8.45. The van der Waals surface area contributed by atoms with Gasteiger partial charge in [0.15, 0.2) is 0 Å². The molecule has 0 spiro atoms. The molecule has 0 aromatic heterocycles. The van der Waals surface area contributed by atoms with Gasteiger partial charge in [0.2, 0.25) is 0 Å². The van der Waals surface area contributed by atoms with Crippen LogP contribution in [0.25, 0.3) is 0 Å². The standard InChI is InChI=1S/C13H28O2.C4H10O2/c1-13(14)11-9-7-5-3-4-6-8-10-12-15-2;1-6-4-2-3-5/h13-14H,3-12H2,1-2H3;5H,2-4H2,1H3. The highest BCUT2D eigenvalue weighted by molar-refractivity contribution is 4.50. The third kappa shape index (κ3) is 28.7. The zero-order valence-electron chi connectivity index (χ0n) is 14.5. The summed E-state index contributed by atoms with van der Waals surface area (Å²) in [5.74, 6) is 0. The van der Waals surface area contributed by atoms with Crippen LogP contribution in [0.15, 0.2) is 0 Å². The number of hydrogen-bond acceptors (Lipinski definition) is 4. The van der Waals surface area contributed by atoms with Crippen LogP contribution in [0.3, 0.4) is 0 Å². The average Bonchev–Trinajstić information content (AvgIpc) is 2.47. The molecule has 0 bridgehead atoms. The smallest absolute Gasteiger partial charge is 0.0512 e. The van der Waals surface area contributed by atoms with Gasteiger partial charge in [-0.25, -0.2) is 0 Å². The van der Waals surface area contributed by atoms with Crippen molar-refractivity contribution in [2.24, 2.45) is 0 Å². The van der Waals surface area contributed by atoms with Gasteiger partial charge in [-0.05, 0) is 26.2 Å². The Balaban J connectivity index is 0. The minimum atomic E-state index is -0.112. The van der Waals surface area contributed by atoms with E-state index in [9.17, 15) is 0 Å². The normalized spacial score (nSPS) is 11.9. The predicted molar refractivity (Wildman–Crippen MR) is 88.7 cm³/mol. The molecule has 0 aliphatic carbocycles. The Hall–Kier alpha value is -0.160. The molecule has 0 aromatic carbocycles. The first kappa shape index (κ1) is 23.1. The van der Waals surface area contributed by atoms with Crippen LogP contribution < -0.4 is 0 Å². The van der Waals surface area contributed by atoms with E-state index in [0.29, 0.717) is 6.61 Å². The van der Waals surface area contributed by atoms with Gasteiger partial charge < -0.3 is 19.7 Å². The second kappa shape index (κ2) is 22.1. The van der Waals surface area contributed by atoms with Gasteiger partial charge in [0.1, 0.15) is 0 Å². The van der Waals surface area contributed by atoms with Gasteiger partial charge in [0.25, 0.3) is 0 Å². The minimum Gasteiger partial charge on any atom is -0.396 e. The van der Waals surface area contributed by atoms with E-state index in [1.165, 1.54) is 51.4 Å². The molecule has 0 aromatic rings. The summed E-state index contributed by atoms with van der Waals surface area (Å²) in [6.07, 6.45) is 12.0. The first-order valence-corrected chi connectivity index (χ1v) is 8.45. The molecule has 0 aliphatic rings. The molecule has 130 valence electrons. The Morgan fingerprint density at radius 3 is 1.52 bits per heavy atom. The summed E-state index contributed by atoms with van der Waals surface area (Å²) in [6.45, 7) is 3.68. The van der Waals surface area contributed by atoms with Crippen LogP contribution in [0, 0.1) is 0 Å². The molecule has 1 atom stereocenters. The number of unbranched alkanes of at least 4 members (excludes halogenated alkanes) is 7. The summed E-state index contributed by atoms with van der Waals surface area (Å²) in [5, 5.41) is 17.2. The lowest BCUT2D eigenvalue weighted by atomic mass is 10.1. The van der Waals surface area contributed by atoms with Crippen LogP contribution in [0.5, 0.6) is 0 Å². The van der Waals surface area contributed by atoms with Crippen LogP contribution in [0.2, 0.25) is 0 Å². The Morgan fingerprint density at radius 2 is 1.14 bits per heavy atom. The zero-order chi connectivity index (χ0) is 16.2. The second-order valence-corrected chi connectivity index (χ2v) is 5.53. The lowest BCUT2D eigenvalue weighted by Crippen LogP contribution is -1.98. The Bertz CT molecular complexity index is 159. The van der Waals surface area contributed by atoms with Crippen molar-refractivity contribution in [1.29, 1.82) is 0 Å². The van der Waals surface area contributed by atoms with E-state index >= 15 is 0 Å². The van der Waals surface area contributed by atoms with E-state index < -0.39 is 0 Å². The van der Waals surface area contributed by atoms with Crippen molar-refractivity contribution in [1.82, 2.24) is 0 Å². The fourth-order valence-corrected chi connectivity index (χ4v) is 1.96. The van der Waals surface area contributed by atoms with Crippen molar-refractivity contribution in [3.8, 4) is 0 Å². The van der Waals surface area contributed by atoms with E-state index in [1.54, 1.807) is 14.2 Å². The van der Waals surface area contributed by atoms with Gasteiger partial charge in [0.05, 0.1) is 6.10 Å². The number of ether oxygens (including phenoxy) is 2. The van der Waals surface area contributed by atoms with Crippen LogP contribution in [-0.4, -0.2) is 50.4 Å². The van der Waals surface area contributed by atoms with Crippen LogP contribution in [0.1, 0.15) is 71.1 Å². The maximum Gasteiger partial charge on any atom is 0.0512 e. The predicted octanol–water partition coefficient (Wildman–Crippen LogP) is 3.54. The summed E-state index contributed by atoms with van der Waals surface area (Å²) < 4.78 is 9.62. The molecule has 0 saturated heterocycles. The number of aliphatic hydroxyl groups excluding tert-OH is 2. The molecule has 0 fully saturated rings. The van der Waals surface area contributed by atoms with Crippen LogP contribution in [-0.2, 0) is 9.47 Å². The Morgan fingerprint density at radius 1 is 0.714 bits per heavy atom. The topological polar surface area (TPSA) is 58.9 Å². The first-order chi connectivity index (χ1) is 10.2. The zero-order valence-corrected chi connectivity index (χ0v) is 14.5. The average molecular weight is 306 g/mol. The molecular formula is C17H38O4. The number of hydrogen-bond donors (Lipinski definition) is 2. The van der Waals surface area contributed by atoms with E-state index in [-0.39, 0.29) is 12.7 Å². The van der Waals surface area contributed by atoms with Gasteiger partial charge in [-0.1, -0.05) is 44.9 Å². The fourth-order valence-electron chi connectivity index (χ4n) is 1.96. The van der Waals surface area contributed by atoms with Crippen LogP contribution >= 0.6 is 0 Å². The summed E-state index contributed by atoms with van der Waals surface area (Å²) in [6, 6.07) is 0. The summed E-state index contributed by atoms with van der Waals surface area (Å²) in [4.78, 5) is 0. The highest BCUT2D eigenvalue weighted by atomic mass is 16.5. The molecule has 0 radical (unpaired) electrons. The van der Waals surface area contributed by atoms with Gasteiger partial charge in [-0.2, -0.15) is 0 Å². The van der Waals surface area contributed by atoms with Gasteiger partial charge in [-0.15, -0.1) is 0 Å². The molecule has 0 aliphatic heterocycles. The van der Waals surface area contributed by atoms with Gasteiger partial charge in [0, 0.05) is 34.0 Å². The van der Waals surface area contributed by atoms with Gasteiger partial charge in [-0.3, -0.25) is 0 Å². The second-order valence-electron chi connectivity index (χ2n) is 5.53. The molecule has 0 amide bonds. The minimum absolute atomic E-state index is 0.112. The molecule has 4 heteroatoms. The molecule has 0 saturated carbocycles. The highest BCUT2D eigenvalue weighted by Gasteiger charge is 1.95. The van der Waals surface area contributed by atoms with E-state index in [4.69, 9.17) is 14.9 Å². The van der Waals surface area contributed by atoms with Crippen molar-refractivity contribution in [2.75, 3.05) is 34.0 Å². The molecular weight excluding hydrogens is 268 g/mol. The van der Waals surface area contributed by atoms with E-state index in [1.807, 2.05) is 6.92 Å². The highest BCUT2D eigenvalue weighted by Crippen LogP contribution is 2.10. The molecule has 4 nitrogen and oxygen atoms in total. The van der Waals surface area contributed by atoms with E-state index in [0.717, 1.165) is 19.4 Å². The third-order valence-electron chi connectivity index (χ3n) is 3.23. The Kier molecular flexibility index (Phi) is 24.4. The maximum absolute atomic E-state index is 9.06.